The number of carboxylic acids is 1. The van der Waals surface area contributed by atoms with E-state index < -0.39 is 11.5 Å². The Morgan fingerprint density at radius 3 is 2.25 bits per heavy atom. The molecular weight excluding hydrogens is 256 g/mol. The lowest BCUT2D eigenvalue weighted by Crippen LogP contribution is -2.54. The zero-order valence-corrected chi connectivity index (χ0v) is 13.3. The maximum absolute atomic E-state index is 12.4. The van der Waals surface area contributed by atoms with E-state index >= 15 is 0 Å². The first-order valence-corrected chi connectivity index (χ1v) is 7.45. The Kier molecular flexibility index (Phi) is 5.57. The predicted octanol–water partition coefficient (Wildman–Crippen LogP) is 2.01. The quantitative estimate of drug-likeness (QED) is 0.783. The van der Waals surface area contributed by atoms with Gasteiger partial charge in [-0.25, -0.2) is 0 Å². The number of carbonyl (C=O) groups excluding carboxylic acids is 1. The van der Waals surface area contributed by atoms with Crippen molar-refractivity contribution >= 4 is 11.9 Å². The summed E-state index contributed by atoms with van der Waals surface area (Å²) in [6.07, 6.45) is 2.76. The molecule has 2 N–H and O–H groups in total. The van der Waals surface area contributed by atoms with E-state index in [1.165, 1.54) is 0 Å². The van der Waals surface area contributed by atoms with Crippen molar-refractivity contribution in [2.45, 2.75) is 84.0 Å². The molecule has 0 radical (unpaired) electrons. The van der Waals surface area contributed by atoms with Crippen LogP contribution in [-0.2, 0) is 9.59 Å². The van der Waals surface area contributed by atoms with Crippen LogP contribution in [-0.4, -0.2) is 45.5 Å². The van der Waals surface area contributed by atoms with Gasteiger partial charge in [0.2, 0.25) is 5.91 Å². The summed E-state index contributed by atoms with van der Waals surface area (Å²) in [6.45, 7) is 9.99. The third-order valence-electron chi connectivity index (χ3n) is 4.27. The normalized spacial score (nSPS) is 25.4. The van der Waals surface area contributed by atoms with E-state index in [0.717, 1.165) is 12.8 Å². The number of hydrogen-bond acceptors (Lipinski definition) is 3. The molecule has 0 aromatic rings. The minimum Gasteiger partial charge on any atom is -0.481 e. The third kappa shape index (κ3) is 4.47. The smallest absolute Gasteiger partial charge is 0.303 e. The fraction of sp³-hybridized carbons (Fsp3) is 0.867. The largest absolute Gasteiger partial charge is 0.481 e. The molecule has 1 fully saturated rings. The maximum Gasteiger partial charge on any atom is 0.303 e. The number of carbonyl (C=O) groups is 2. The summed E-state index contributed by atoms with van der Waals surface area (Å²) in [5.74, 6) is -0.844. The van der Waals surface area contributed by atoms with Crippen LogP contribution < -0.4 is 5.32 Å². The van der Waals surface area contributed by atoms with Crippen LogP contribution in [0, 0.1) is 0 Å². The highest BCUT2D eigenvalue weighted by Crippen LogP contribution is 2.26. The number of rotatable bonds is 6. The van der Waals surface area contributed by atoms with Gasteiger partial charge in [-0.05, 0) is 53.9 Å². The van der Waals surface area contributed by atoms with E-state index in [2.05, 4.69) is 24.1 Å². The van der Waals surface area contributed by atoms with Crippen molar-refractivity contribution in [1.29, 1.82) is 0 Å². The molecule has 3 unspecified atom stereocenters. The second-order valence-electron chi connectivity index (χ2n) is 6.67. The Morgan fingerprint density at radius 1 is 1.30 bits per heavy atom. The summed E-state index contributed by atoms with van der Waals surface area (Å²) >= 11 is 0. The monoisotopic (exact) mass is 284 g/mol. The fourth-order valence-corrected chi connectivity index (χ4v) is 3.03. The fourth-order valence-electron chi connectivity index (χ4n) is 3.03. The van der Waals surface area contributed by atoms with E-state index in [4.69, 9.17) is 5.11 Å². The van der Waals surface area contributed by atoms with Gasteiger partial charge >= 0.3 is 5.97 Å². The average Bonchev–Trinajstić information content (AvgIpc) is 2.65. The molecule has 5 nitrogen and oxygen atoms in total. The highest BCUT2D eigenvalue weighted by atomic mass is 16.4. The molecule has 5 heteroatoms. The molecule has 1 heterocycles. The number of amides is 1. The minimum atomic E-state index is -0.831. The summed E-state index contributed by atoms with van der Waals surface area (Å²) < 4.78 is 0. The Bertz CT molecular complexity index is 358. The number of nitrogens with one attached hydrogen (secondary N) is 1. The summed E-state index contributed by atoms with van der Waals surface area (Å²) in [7, 11) is 0. The Balaban J connectivity index is 2.58. The Hall–Kier alpha value is -1.10. The predicted molar refractivity (Wildman–Crippen MR) is 78.6 cm³/mol. The van der Waals surface area contributed by atoms with E-state index in [0.29, 0.717) is 18.5 Å². The van der Waals surface area contributed by atoms with Crippen LogP contribution in [0.3, 0.4) is 0 Å². The van der Waals surface area contributed by atoms with Crippen molar-refractivity contribution in [3.63, 3.8) is 0 Å². The summed E-state index contributed by atoms with van der Waals surface area (Å²) in [5, 5.41) is 11.7. The molecule has 0 aromatic heterocycles. The molecule has 0 aliphatic carbocycles. The van der Waals surface area contributed by atoms with Gasteiger partial charge in [-0.3, -0.25) is 14.5 Å². The molecule has 0 spiro atoms. The second kappa shape index (κ2) is 6.57. The topological polar surface area (TPSA) is 69.6 Å². The number of carboxylic acid groups (broad SMARTS) is 1. The molecule has 0 saturated carbocycles. The number of aliphatic carboxylic acids is 1. The first kappa shape index (κ1) is 17.0. The van der Waals surface area contributed by atoms with Gasteiger partial charge in [-0.2, -0.15) is 0 Å². The van der Waals surface area contributed by atoms with Crippen molar-refractivity contribution in [3.05, 3.63) is 0 Å². The van der Waals surface area contributed by atoms with Gasteiger partial charge in [0, 0.05) is 24.0 Å². The lowest BCUT2D eigenvalue weighted by Gasteiger charge is -2.34. The lowest BCUT2D eigenvalue weighted by atomic mass is 9.97. The van der Waals surface area contributed by atoms with Gasteiger partial charge in [-0.1, -0.05) is 0 Å². The number of hydrogen-bond donors (Lipinski definition) is 2. The summed E-state index contributed by atoms with van der Waals surface area (Å²) in [6, 6.07) is 0.673. The molecule has 1 saturated heterocycles. The first-order chi connectivity index (χ1) is 9.14. The zero-order chi connectivity index (χ0) is 15.5. The van der Waals surface area contributed by atoms with Crippen molar-refractivity contribution in [2.75, 3.05) is 0 Å². The van der Waals surface area contributed by atoms with E-state index in [9.17, 15) is 9.59 Å². The third-order valence-corrected chi connectivity index (χ3v) is 4.27. The Morgan fingerprint density at radius 2 is 1.80 bits per heavy atom. The molecule has 20 heavy (non-hydrogen) atoms. The van der Waals surface area contributed by atoms with Crippen LogP contribution in [0.4, 0.5) is 0 Å². The molecule has 0 aromatic carbocycles. The number of likely N-dealkylation sites (tertiary alicyclic amines) is 1. The maximum atomic E-state index is 12.4. The van der Waals surface area contributed by atoms with Crippen molar-refractivity contribution in [3.8, 4) is 0 Å². The van der Waals surface area contributed by atoms with E-state index in [-0.39, 0.29) is 18.4 Å². The highest BCUT2D eigenvalue weighted by molar-refractivity contribution is 5.82. The zero-order valence-electron chi connectivity index (χ0n) is 13.3. The van der Waals surface area contributed by atoms with E-state index in [1.807, 2.05) is 20.8 Å². The molecular formula is C15H28N2O3. The molecule has 1 aliphatic rings. The minimum absolute atomic E-state index is 0.0130. The van der Waals surface area contributed by atoms with Crippen molar-refractivity contribution < 1.29 is 14.7 Å². The van der Waals surface area contributed by atoms with Gasteiger partial charge < -0.3 is 10.4 Å². The standard InChI is InChI=1S/C15H28N2O3/c1-10-6-7-11(2)17(10)12(3)14(20)16-15(4,5)9-8-13(18)19/h10-12H,6-9H2,1-5H3,(H,16,20)(H,18,19). The van der Waals surface area contributed by atoms with Crippen molar-refractivity contribution in [1.82, 2.24) is 10.2 Å². The first-order valence-electron chi connectivity index (χ1n) is 7.45. The van der Waals surface area contributed by atoms with Gasteiger partial charge in [0.1, 0.15) is 0 Å². The van der Waals surface area contributed by atoms with Gasteiger partial charge in [0.25, 0.3) is 0 Å². The second-order valence-corrected chi connectivity index (χ2v) is 6.67. The van der Waals surface area contributed by atoms with Crippen LogP contribution in [0.1, 0.15) is 60.3 Å². The molecule has 1 aliphatic heterocycles. The van der Waals surface area contributed by atoms with Gasteiger partial charge in [-0.15, -0.1) is 0 Å². The van der Waals surface area contributed by atoms with E-state index in [1.54, 1.807) is 0 Å². The molecule has 3 atom stereocenters. The van der Waals surface area contributed by atoms with Crippen LogP contribution in [0.5, 0.6) is 0 Å². The average molecular weight is 284 g/mol. The van der Waals surface area contributed by atoms with Gasteiger partial charge in [0.05, 0.1) is 6.04 Å². The van der Waals surface area contributed by atoms with Crippen LogP contribution in [0.15, 0.2) is 0 Å². The van der Waals surface area contributed by atoms with Crippen molar-refractivity contribution in [2.24, 2.45) is 0 Å². The molecule has 1 amide bonds. The summed E-state index contributed by atoms with van der Waals surface area (Å²) in [4.78, 5) is 25.3. The molecule has 1 rings (SSSR count). The Labute approximate surface area is 121 Å². The summed E-state index contributed by atoms with van der Waals surface area (Å²) in [5.41, 5.74) is -0.490. The van der Waals surface area contributed by atoms with Gasteiger partial charge in [0.15, 0.2) is 0 Å². The lowest BCUT2D eigenvalue weighted by molar-refractivity contribution is -0.138. The molecule has 0 bridgehead atoms. The van der Waals surface area contributed by atoms with Crippen LogP contribution in [0.2, 0.25) is 0 Å². The molecule has 116 valence electrons. The highest BCUT2D eigenvalue weighted by Gasteiger charge is 2.35. The number of nitrogens with zero attached hydrogens (tertiary/aromatic N) is 1. The van der Waals surface area contributed by atoms with Crippen LogP contribution >= 0.6 is 0 Å². The van der Waals surface area contributed by atoms with Crippen LogP contribution in [0.25, 0.3) is 0 Å². The SMILES string of the molecule is CC1CCC(C)N1C(C)C(=O)NC(C)(C)CCC(=O)O.